The molecule has 1 saturated carbocycles. The molecule has 212 valence electrons. The number of carbonyl (C=O) groups excluding carboxylic acids is 2. The van der Waals surface area contributed by atoms with Gasteiger partial charge in [-0.05, 0) is 63.9 Å². The number of hydrogen-bond acceptors (Lipinski definition) is 5. The number of benzene rings is 1. The summed E-state index contributed by atoms with van der Waals surface area (Å²) >= 11 is 0. The van der Waals surface area contributed by atoms with Crippen molar-refractivity contribution in [2.45, 2.75) is 128 Å². The number of likely N-dealkylation sites (tertiary alicyclic amines) is 1. The third-order valence-corrected chi connectivity index (χ3v) is 8.55. The third-order valence-electron chi connectivity index (χ3n) is 8.55. The lowest BCUT2D eigenvalue weighted by Crippen LogP contribution is -2.61. The van der Waals surface area contributed by atoms with Crippen LogP contribution in [0.15, 0.2) is 30.3 Å². The van der Waals surface area contributed by atoms with Crippen molar-refractivity contribution in [3.05, 3.63) is 35.9 Å². The van der Waals surface area contributed by atoms with Gasteiger partial charge in [0, 0.05) is 6.04 Å². The van der Waals surface area contributed by atoms with Crippen LogP contribution in [0.25, 0.3) is 0 Å². The topological polar surface area (TPSA) is 95.9 Å². The molecule has 1 saturated heterocycles. The molecule has 0 radical (unpaired) electrons. The molecule has 1 amide bonds. The summed E-state index contributed by atoms with van der Waals surface area (Å²) in [5.41, 5.74) is -0.0449. The number of hydrogen-bond donors (Lipinski definition) is 2. The minimum Gasteiger partial charge on any atom is -0.479 e. The van der Waals surface area contributed by atoms with E-state index in [1.165, 1.54) is 19.3 Å². The Morgan fingerprint density at radius 2 is 1.79 bits per heavy atom. The Labute approximate surface area is 228 Å². The van der Waals surface area contributed by atoms with Crippen molar-refractivity contribution in [2.24, 2.45) is 5.92 Å². The van der Waals surface area contributed by atoms with E-state index in [1.807, 2.05) is 30.3 Å². The average Bonchev–Trinajstić information content (AvgIpc) is 3.48. The summed E-state index contributed by atoms with van der Waals surface area (Å²) in [7, 11) is 0. The van der Waals surface area contributed by atoms with E-state index in [-0.39, 0.29) is 30.4 Å². The molecule has 3 rings (SSSR count). The van der Waals surface area contributed by atoms with Gasteiger partial charge in [0.1, 0.15) is 11.6 Å². The molecule has 7 heteroatoms. The number of aliphatic carboxylic acids is 1. The quantitative estimate of drug-likeness (QED) is 0.217. The van der Waals surface area contributed by atoms with Crippen LogP contribution >= 0.6 is 0 Å². The first kappa shape index (κ1) is 30.1. The van der Waals surface area contributed by atoms with Crippen LogP contribution in [-0.4, -0.2) is 58.1 Å². The summed E-state index contributed by atoms with van der Waals surface area (Å²) < 4.78 is 5.32. The molecule has 1 aromatic carbocycles. The van der Waals surface area contributed by atoms with Crippen molar-refractivity contribution >= 4 is 17.8 Å². The molecule has 1 heterocycles. The molecular formula is C31H48N2O5. The maximum atomic E-state index is 14.0. The Morgan fingerprint density at radius 1 is 1.08 bits per heavy atom. The predicted molar refractivity (Wildman–Crippen MR) is 149 cm³/mol. The van der Waals surface area contributed by atoms with Gasteiger partial charge in [-0.3, -0.25) is 14.9 Å². The zero-order chi connectivity index (χ0) is 27.5. The van der Waals surface area contributed by atoms with Gasteiger partial charge in [-0.1, -0.05) is 82.2 Å². The summed E-state index contributed by atoms with van der Waals surface area (Å²) in [5.74, 6) is -1.23. The molecule has 38 heavy (non-hydrogen) atoms. The van der Waals surface area contributed by atoms with E-state index in [2.05, 4.69) is 12.2 Å². The third kappa shape index (κ3) is 7.37. The number of unbranched alkanes of at least 4 members (excludes halogenated alkanes) is 5. The fourth-order valence-electron chi connectivity index (χ4n) is 6.59. The van der Waals surface area contributed by atoms with Gasteiger partial charge in [0.2, 0.25) is 5.91 Å². The second-order valence-corrected chi connectivity index (χ2v) is 11.2. The fraction of sp³-hybridized carbons (Fsp3) is 0.710. The highest BCUT2D eigenvalue weighted by Crippen LogP contribution is 2.49. The number of nitrogens with one attached hydrogen (secondary N) is 1. The Bertz CT molecular complexity index is 907. The van der Waals surface area contributed by atoms with Crippen LogP contribution in [0, 0.1) is 5.92 Å². The van der Waals surface area contributed by atoms with Crippen LogP contribution in [0.3, 0.4) is 0 Å². The van der Waals surface area contributed by atoms with E-state index in [0.717, 1.165) is 44.1 Å². The predicted octanol–water partition coefficient (Wildman–Crippen LogP) is 5.50. The molecule has 5 atom stereocenters. The first-order valence-electron chi connectivity index (χ1n) is 14.9. The largest absolute Gasteiger partial charge is 0.479 e. The standard InChI is InChI=1S/C31H48N2O5/c1-4-6-7-8-9-13-21-31(30(36)37)22-25-17-14-18-27(25)33(31)28(34)23(3)32-26(29(35)38-5-2)20-19-24-15-11-10-12-16-24/h10-12,15-16,23,25-27,32H,4-9,13-14,17-22H2,1-3H3,(H,36,37)/t23-,25-,26-,27-,31-/m0/s1. The van der Waals surface area contributed by atoms with Gasteiger partial charge in [-0.15, -0.1) is 0 Å². The molecule has 2 fully saturated rings. The zero-order valence-electron chi connectivity index (χ0n) is 23.6. The molecule has 0 aromatic heterocycles. The number of fused-ring (bicyclic) bond motifs is 1. The summed E-state index contributed by atoms with van der Waals surface area (Å²) in [4.78, 5) is 41.4. The van der Waals surface area contributed by atoms with E-state index < -0.39 is 23.6 Å². The van der Waals surface area contributed by atoms with Crippen molar-refractivity contribution in [1.29, 1.82) is 0 Å². The number of esters is 1. The highest BCUT2D eigenvalue weighted by atomic mass is 16.5. The molecule has 0 spiro atoms. The van der Waals surface area contributed by atoms with Crippen LogP contribution in [0.2, 0.25) is 0 Å². The molecule has 2 N–H and O–H groups in total. The first-order chi connectivity index (χ1) is 18.3. The second-order valence-electron chi connectivity index (χ2n) is 11.2. The van der Waals surface area contributed by atoms with Gasteiger partial charge in [-0.2, -0.15) is 0 Å². The van der Waals surface area contributed by atoms with E-state index in [1.54, 1.807) is 18.7 Å². The average molecular weight is 529 g/mol. The molecular weight excluding hydrogens is 480 g/mol. The van der Waals surface area contributed by atoms with Crippen molar-refractivity contribution in [3.8, 4) is 0 Å². The van der Waals surface area contributed by atoms with E-state index in [9.17, 15) is 19.5 Å². The smallest absolute Gasteiger partial charge is 0.329 e. The van der Waals surface area contributed by atoms with Crippen LogP contribution in [0.4, 0.5) is 0 Å². The Morgan fingerprint density at radius 3 is 2.47 bits per heavy atom. The van der Waals surface area contributed by atoms with Crippen LogP contribution in [0.5, 0.6) is 0 Å². The lowest BCUT2D eigenvalue weighted by atomic mass is 9.85. The first-order valence-corrected chi connectivity index (χ1v) is 14.9. The minimum absolute atomic E-state index is 0.0340. The number of carboxylic acid groups (broad SMARTS) is 1. The van der Waals surface area contributed by atoms with E-state index in [4.69, 9.17) is 4.74 Å². The molecule has 0 unspecified atom stereocenters. The SMILES string of the molecule is CCCCCCCC[C@@]1(C(=O)O)C[C@@H]2CCC[C@@H]2N1C(=O)[C@H](C)N[C@@H](CCc1ccccc1)C(=O)OCC. The number of amides is 1. The summed E-state index contributed by atoms with van der Waals surface area (Å²) in [6, 6.07) is 8.56. The van der Waals surface area contributed by atoms with E-state index in [0.29, 0.717) is 25.7 Å². The van der Waals surface area contributed by atoms with Crippen molar-refractivity contribution in [3.63, 3.8) is 0 Å². The van der Waals surface area contributed by atoms with Gasteiger partial charge >= 0.3 is 11.9 Å². The zero-order valence-corrected chi connectivity index (χ0v) is 23.6. The molecule has 1 aliphatic carbocycles. The summed E-state index contributed by atoms with van der Waals surface area (Å²) in [6.45, 7) is 5.98. The minimum atomic E-state index is -1.16. The monoisotopic (exact) mass is 528 g/mol. The van der Waals surface area contributed by atoms with Crippen LogP contribution in [-0.2, 0) is 25.5 Å². The van der Waals surface area contributed by atoms with Gasteiger partial charge < -0.3 is 14.7 Å². The fourth-order valence-corrected chi connectivity index (χ4v) is 6.59. The lowest BCUT2D eigenvalue weighted by molar-refractivity contribution is -0.160. The molecule has 1 aliphatic heterocycles. The molecule has 2 aliphatic rings. The Kier molecular flexibility index (Phi) is 11.6. The van der Waals surface area contributed by atoms with Crippen molar-refractivity contribution in [1.82, 2.24) is 10.2 Å². The molecule has 1 aromatic rings. The number of nitrogens with zero attached hydrogens (tertiary/aromatic N) is 1. The van der Waals surface area contributed by atoms with Gasteiger partial charge in [0.15, 0.2) is 0 Å². The van der Waals surface area contributed by atoms with Crippen LogP contribution < -0.4 is 5.32 Å². The second kappa shape index (κ2) is 14.7. The van der Waals surface area contributed by atoms with Crippen molar-refractivity contribution < 1.29 is 24.2 Å². The van der Waals surface area contributed by atoms with Gasteiger partial charge in [0.25, 0.3) is 0 Å². The normalized spacial score (nSPS) is 24.1. The maximum Gasteiger partial charge on any atom is 0.329 e. The van der Waals surface area contributed by atoms with E-state index >= 15 is 0 Å². The Balaban J connectivity index is 1.74. The highest BCUT2D eigenvalue weighted by molar-refractivity contribution is 5.91. The highest BCUT2D eigenvalue weighted by Gasteiger charge is 2.59. The number of rotatable bonds is 16. The van der Waals surface area contributed by atoms with Crippen molar-refractivity contribution in [2.75, 3.05) is 6.61 Å². The molecule has 0 bridgehead atoms. The van der Waals surface area contributed by atoms with Gasteiger partial charge in [0.05, 0.1) is 12.6 Å². The number of carbonyl (C=O) groups is 3. The Hall–Kier alpha value is -2.41. The number of carboxylic acids is 1. The lowest BCUT2D eigenvalue weighted by Gasteiger charge is -2.40. The number of ether oxygens (including phenoxy) is 1. The molecule has 7 nitrogen and oxygen atoms in total. The van der Waals surface area contributed by atoms with Crippen LogP contribution in [0.1, 0.15) is 103 Å². The number of aryl methyl sites for hydroxylation is 1. The van der Waals surface area contributed by atoms with Gasteiger partial charge in [-0.25, -0.2) is 4.79 Å². The summed E-state index contributed by atoms with van der Waals surface area (Å²) in [6.07, 6.45) is 11.5. The summed E-state index contributed by atoms with van der Waals surface area (Å²) in [5, 5.41) is 13.8. The maximum absolute atomic E-state index is 14.0.